The number of nitrogens with one attached hydrogen (secondary N) is 1. The molecule has 1 aliphatic rings. The number of rotatable bonds is 2. The Balaban J connectivity index is 2.01. The van der Waals surface area contributed by atoms with Gasteiger partial charge in [0.2, 0.25) is 0 Å². The Kier molecular flexibility index (Phi) is 2.18. The first-order chi connectivity index (χ1) is 7.43. The molecule has 1 fully saturated rings. The molecule has 1 nitrogen and oxygen atoms in total. The van der Waals surface area contributed by atoms with Crippen LogP contribution in [0.2, 0.25) is 0 Å². The van der Waals surface area contributed by atoms with E-state index < -0.39 is 0 Å². The summed E-state index contributed by atoms with van der Waals surface area (Å²) in [5, 5.41) is 6.23. The lowest BCUT2D eigenvalue weighted by molar-refractivity contribution is 0.370. The lowest BCUT2D eigenvalue weighted by Crippen LogP contribution is -2.44. The maximum absolute atomic E-state index is 3.46. The van der Waals surface area contributed by atoms with E-state index in [9.17, 15) is 0 Å². The molecule has 0 saturated carbocycles. The first kappa shape index (κ1) is 8.93. The van der Waals surface area contributed by atoms with Gasteiger partial charge in [-0.1, -0.05) is 42.5 Å². The summed E-state index contributed by atoms with van der Waals surface area (Å²) >= 11 is 0. The van der Waals surface area contributed by atoms with E-state index in [1.807, 2.05) is 0 Å². The molecule has 2 aromatic rings. The second-order valence-electron chi connectivity index (χ2n) is 4.28. The molecular formula is C14H15N. The van der Waals surface area contributed by atoms with E-state index in [0.717, 1.165) is 0 Å². The smallest absolute Gasteiger partial charge is 0.0120 e. The van der Waals surface area contributed by atoms with Crippen molar-refractivity contribution in [1.29, 1.82) is 0 Å². The van der Waals surface area contributed by atoms with Gasteiger partial charge < -0.3 is 5.32 Å². The van der Waals surface area contributed by atoms with Crippen LogP contribution in [-0.2, 0) is 6.42 Å². The largest absolute Gasteiger partial charge is 0.314 e. The van der Waals surface area contributed by atoms with E-state index in [4.69, 9.17) is 0 Å². The van der Waals surface area contributed by atoms with E-state index in [1.54, 1.807) is 0 Å². The molecule has 1 N–H and O–H groups in total. The van der Waals surface area contributed by atoms with Crippen molar-refractivity contribution in [3.63, 3.8) is 0 Å². The number of hydrogen-bond donors (Lipinski definition) is 1. The molecule has 0 aromatic heterocycles. The second kappa shape index (κ2) is 3.67. The third kappa shape index (κ3) is 1.64. The van der Waals surface area contributed by atoms with Crippen LogP contribution in [0.1, 0.15) is 12.0 Å². The van der Waals surface area contributed by atoms with Crippen LogP contribution in [0.25, 0.3) is 10.8 Å². The van der Waals surface area contributed by atoms with Crippen LogP contribution in [0.5, 0.6) is 0 Å². The van der Waals surface area contributed by atoms with Crippen LogP contribution in [-0.4, -0.2) is 12.6 Å². The van der Waals surface area contributed by atoms with Gasteiger partial charge in [-0.3, -0.25) is 0 Å². The molecule has 0 bridgehead atoms. The van der Waals surface area contributed by atoms with Crippen molar-refractivity contribution in [2.75, 3.05) is 6.54 Å². The van der Waals surface area contributed by atoms with Gasteiger partial charge in [-0.15, -0.1) is 0 Å². The molecule has 0 spiro atoms. The first-order valence-corrected chi connectivity index (χ1v) is 5.63. The number of hydrogen-bond acceptors (Lipinski definition) is 1. The predicted octanol–water partition coefficient (Wildman–Crippen LogP) is 2.74. The highest BCUT2D eigenvalue weighted by molar-refractivity contribution is 5.85. The van der Waals surface area contributed by atoms with Crippen LogP contribution < -0.4 is 5.32 Å². The van der Waals surface area contributed by atoms with Gasteiger partial charge in [0.1, 0.15) is 0 Å². The maximum Gasteiger partial charge on any atom is 0.0120 e. The van der Waals surface area contributed by atoms with Crippen molar-refractivity contribution >= 4 is 10.8 Å². The van der Waals surface area contributed by atoms with Gasteiger partial charge in [0.25, 0.3) is 0 Å². The zero-order chi connectivity index (χ0) is 10.1. The van der Waals surface area contributed by atoms with Crippen LogP contribution >= 0.6 is 0 Å². The minimum Gasteiger partial charge on any atom is -0.314 e. The summed E-state index contributed by atoms with van der Waals surface area (Å²) in [5.74, 6) is 0. The minimum absolute atomic E-state index is 0.704. The average molecular weight is 197 g/mol. The Morgan fingerprint density at radius 1 is 1.07 bits per heavy atom. The molecule has 1 aliphatic heterocycles. The minimum atomic E-state index is 0.704. The highest BCUT2D eigenvalue weighted by atomic mass is 15.0. The molecule has 1 unspecified atom stereocenters. The van der Waals surface area contributed by atoms with Crippen LogP contribution in [0.15, 0.2) is 42.5 Å². The molecule has 0 radical (unpaired) electrons. The molecule has 0 aliphatic carbocycles. The SMILES string of the molecule is c1ccc2c(CC3CCN3)cccc2c1. The third-order valence-corrected chi connectivity index (χ3v) is 3.27. The van der Waals surface area contributed by atoms with E-state index >= 15 is 0 Å². The summed E-state index contributed by atoms with van der Waals surface area (Å²) < 4.78 is 0. The summed E-state index contributed by atoms with van der Waals surface area (Å²) in [6.07, 6.45) is 2.49. The molecule has 0 amide bonds. The second-order valence-corrected chi connectivity index (χ2v) is 4.28. The predicted molar refractivity (Wildman–Crippen MR) is 64.1 cm³/mol. The molecule has 2 aromatic carbocycles. The Morgan fingerprint density at radius 3 is 2.67 bits per heavy atom. The van der Waals surface area contributed by atoms with E-state index in [1.165, 1.54) is 35.7 Å². The van der Waals surface area contributed by atoms with Gasteiger partial charge in [0.15, 0.2) is 0 Å². The fourth-order valence-corrected chi connectivity index (χ4v) is 2.26. The van der Waals surface area contributed by atoms with Gasteiger partial charge in [-0.25, -0.2) is 0 Å². The van der Waals surface area contributed by atoms with Crippen LogP contribution in [0, 0.1) is 0 Å². The zero-order valence-corrected chi connectivity index (χ0v) is 8.74. The first-order valence-electron chi connectivity index (χ1n) is 5.63. The highest BCUT2D eigenvalue weighted by Crippen LogP contribution is 2.21. The van der Waals surface area contributed by atoms with Gasteiger partial charge in [-0.2, -0.15) is 0 Å². The van der Waals surface area contributed by atoms with E-state index in [0.29, 0.717) is 6.04 Å². The van der Waals surface area contributed by atoms with Gasteiger partial charge >= 0.3 is 0 Å². The fraction of sp³-hybridized carbons (Fsp3) is 0.286. The van der Waals surface area contributed by atoms with Crippen molar-refractivity contribution in [3.05, 3.63) is 48.0 Å². The summed E-state index contributed by atoms with van der Waals surface area (Å²) in [5.41, 5.74) is 1.48. The lowest BCUT2D eigenvalue weighted by atomic mass is 9.94. The number of fused-ring (bicyclic) bond motifs is 1. The third-order valence-electron chi connectivity index (χ3n) is 3.27. The molecular weight excluding hydrogens is 182 g/mol. The topological polar surface area (TPSA) is 12.0 Å². The fourth-order valence-electron chi connectivity index (χ4n) is 2.26. The Labute approximate surface area is 90.1 Å². The molecule has 1 atom stereocenters. The summed E-state index contributed by atoms with van der Waals surface area (Å²) in [6, 6.07) is 16.0. The lowest BCUT2D eigenvalue weighted by Gasteiger charge is -2.28. The molecule has 76 valence electrons. The van der Waals surface area contributed by atoms with Gasteiger partial charge in [0, 0.05) is 6.04 Å². The van der Waals surface area contributed by atoms with Crippen molar-refractivity contribution in [3.8, 4) is 0 Å². The molecule has 1 heteroatoms. The average Bonchev–Trinajstić information content (AvgIpc) is 2.23. The molecule has 15 heavy (non-hydrogen) atoms. The zero-order valence-electron chi connectivity index (χ0n) is 8.74. The molecule has 1 saturated heterocycles. The van der Waals surface area contributed by atoms with Crippen molar-refractivity contribution in [1.82, 2.24) is 5.32 Å². The van der Waals surface area contributed by atoms with Crippen LogP contribution in [0.3, 0.4) is 0 Å². The Morgan fingerprint density at radius 2 is 1.87 bits per heavy atom. The molecule has 3 rings (SSSR count). The molecule has 1 heterocycles. The Bertz CT molecular complexity index is 466. The van der Waals surface area contributed by atoms with E-state index in [2.05, 4.69) is 47.8 Å². The standard InChI is InChI=1S/C14H15N/c1-2-7-14-11(4-1)5-3-6-12(14)10-13-8-9-15-13/h1-7,13,15H,8-10H2. The summed E-state index contributed by atoms with van der Waals surface area (Å²) in [4.78, 5) is 0. The van der Waals surface area contributed by atoms with Gasteiger partial charge in [0.05, 0.1) is 0 Å². The Hall–Kier alpha value is -1.34. The normalized spacial score (nSPS) is 20.1. The quantitative estimate of drug-likeness (QED) is 0.780. The summed E-state index contributed by atoms with van der Waals surface area (Å²) in [7, 11) is 0. The highest BCUT2D eigenvalue weighted by Gasteiger charge is 2.17. The van der Waals surface area contributed by atoms with Crippen LogP contribution in [0.4, 0.5) is 0 Å². The van der Waals surface area contributed by atoms with Crippen molar-refractivity contribution < 1.29 is 0 Å². The van der Waals surface area contributed by atoms with E-state index in [-0.39, 0.29) is 0 Å². The monoisotopic (exact) mass is 197 g/mol. The van der Waals surface area contributed by atoms with Crippen molar-refractivity contribution in [2.24, 2.45) is 0 Å². The van der Waals surface area contributed by atoms with Gasteiger partial charge in [-0.05, 0) is 35.7 Å². The van der Waals surface area contributed by atoms with Crippen molar-refractivity contribution in [2.45, 2.75) is 18.9 Å². The summed E-state index contributed by atoms with van der Waals surface area (Å²) in [6.45, 7) is 1.19. The maximum atomic E-state index is 3.46. The number of benzene rings is 2.